The molecule has 0 bridgehead atoms. The fourth-order valence-corrected chi connectivity index (χ4v) is 2.26. The topological polar surface area (TPSA) is 160 Å². The zero-order chi connectivity index (χ0) is 14.4. The van der Waals surface area contributed by atoms with Crippen LogP contribution in [0.2, 0.25) is 0 Å². The molecule has 10 nitrogen and oxygen atoms in total. The number of anilines is 1. The number of rotatable bonds is 2. The molecular formula is C10H13N5O5. The van der Waals surface area contributed by atoms with E-state index in [1.807, 2.05) is 0 Å². The Morgan fingerprint density at radius 2 is 2.20 bits per heavy atom. The van der Waals surface area contributed by atoms with Crippen LogP contribution in [0.4, 0.5) is 5.95 Å². The Kier molecular flexibility index (Phi) is 2.94. The average molecular weight is 283 g/mol. The molecule has 108 valence electrons. The van der Waals surface area contributed by atoms with Crippen LogP contribution in [0.25, 0.3) is 11.2 Å². The number of hydrogen-bond donors (Lipinski definition) is 5. The minimum atomic E-state index is -1.41. The van der Waals surface area contributed by atoms with E-state index >= 15 is 0 Å². The molecule has 0 amide bonds. The van der Waals surface area contributed by atoms with Crippen molar-refractivity contribution in [3.8, 4) is 0 Å². The van der Waals surface area contributed by atoms with E-state index in [9.17, 15) is 15.0 Å². The number of aliphatic hydroxyl groups is 3. The molecule has 3 rings (SSSR count). The Bertz CT molecular complexity index is 697. The fourth-order valence-electron chi connectivity index (χ4n) is 2.26. The summed E-state index contributed by atoms with van der Waals surface area (Å²) in [6, 6.07) is 0. The second kappa shape index (κ2) is 4.52. The van der Waals surface area contributed by atoms with Gasteiger partial charge in [0.05, 0.1) is 12.9 Å². The van der Waals surface area contributed by atoms with Gasteiger partial charge in [0.25, 0.3) is 5.56 Å². The molecule has 3 heterocycles. The van der Waals surface area contributed by atoms with Gasteiger partial charge in [0, 0.05) is 0 Å². The summed E-state index contributed by atoms with van der Waals surface area (Å²) in [4.78, 5) is 22.6. The minimum Gasteiger partial charge on any atom is -0.394 e. The minimum absolute atomic E-state index is 0.108. The highest BCUT2D eigenvalue weighted by Crippen LogP contribution is 2.29. The van der Waals surface area contributed by atoms with E-state index in [0.29, 0.717) is 0 Å². The van der Waals surface area contributed by atoms with Gasteiger partial charge in [-0.05, 0) is 0 Å². The number of nitrogens with two attached hydrogens (primary N) is 1. The number of aromatic amines is 1. The van der Waals surface area contributed by atoms with Crippen LogP contribution in [0.1, 0.15) is 6.23 Å². The molecular weight excluding hydrogens is 270 g/mol. The van der Waals surface area contributed by atoms with Gasteiger partial charge in [-0.1, -0.05) is 0 Å². The molecule has 0 aliphatic carbocycles. The molecule has 20 heavy (non-hydrogen) atoms. The number of nitrogens with one attached hydrogen (secondary N) is 1. The second-order valence-electron chi connectivity index (χ2n) is 4.48. The Morgan fingerprint density at radius 1 is 1.45 bits per heavy atom. The number of imidazole rings is 1. The van der Waals surface area contributed by atoms with Crippen molar-refractivity contribution in [2.75, 3.05) is 12.3 Å². The molecule has 4 atom stereocenters. The third-order valence-corrected chi connectivity index (χ3v) is 3.29. The SMILES string of the molecule is Nc1nc2nc[nH]c2c(=O)n1C1O[C@H](CO)[C@H](O)[C@H]1O. The zero-order valence-corrected chi connectivity index (χ0v) is 10.2. The summed E-state index contributed by atoms with van der Waals surface area (Å²) in [7, 11) is 0. The molecule has 6 N–H and O–H groups in total. The first kappa shape index (κ1) is 13.0. The maximum atomic E-state index is 12.3. The molecule has 0 aromatic carbocycles. The number of nitrogen functional groups attached to an aromatic ring is 1. The standard InChI is InChI=1S/C10H13N5O5/c11-10-14-7-4(12-2-13-7)8(19)15(10)9-6(18)5(17)3(1-16)20-9/h2-3,5-6,9,16-18H,1H2,(H2,11,14)(H,12,13)/t3-,5+,6-,9?/m1/s1. The molecule has 1 fully saturated rings. The van der Waals surface area contributed by atoms with Crippen molar-refractivity contribution in [3.63, 3.8) is 0 Å². The zero-order valence-electron chi connectivity index (χ0n) is 10.2. The van der Waals surface area contributed by atoms with Crippen molar-refractivity contribution < 1.29 is 20.1 Å². The first-order valence-corrected chi connectivity index (χ1v) is 5.88. The molecule has 10 heteroatoms. The van der Waals surface area contributed by atoms with Gasteiger partial charge in [0.1, 0.15) is 18.3 Å². The van der Waals surface area contributed by atoms with Gasteiger partial charge in [-0.3, -0.25) is 4.79 Å². The lowest BCUT2D eigenvalue weighted by molar-refractivity contribution is -0.0534. The molecule has 2 aromatic rings. The summed E-state index contributed by atoms with van der Waals surface area (Å²) in [5.74, 6) is -0.204. The number of fused-ring (bicyclic) bond motifs is 1. The van der Waals surface area contributed by atoms with E-state index in [4.69, 9.17) is 15.6 Å². The lowest BCUT2D eigenvalue weighted by Crippen LogP contribution is -2.36. The van der Waals surface area contributed by atoms with E-state index in [0.717, 1.165) is 4.57 Å². The van der Waals surface area contributed by atoms with Crippen molar-refractivity contribution in [2.24, 2.45) is 0 Å². The van der Waals surface area contributed by atoms with Crippen LogP contribution in [-0.2, 0) is 4.74 Å². The van der Waals surface area contributed by atoms with Crippen molar-refractivity contribution in [3.05, 3.63) is 16.7 Å². The van der Waals surface area contributed by atoms with Crippen molar-refractivity contribution in [1.82, 2.24) is 19.5 Å². The largest absolute Gasteiger partial charge is 0.394 e. The normalized spacial score (nSPS) is 30.1. The van der Waals surface area contributed by atoms with Gasteiger partial charge < -0.3 is 30.8 Å². The van der Waals surface area contributed by atoms with Gasteiger partial charge in [-0.25, -0.2) is 9.55 Å². The van der Waals surface area contributed by atoms with E-state index in [-0.39, 0.29) is 17.1 Å². The number of aromatic nitrogens is 4. The predicted octanol–water partition coefficient (Wildman–Crippen LogP) is -2.69. The Labute approximate surface area is 111 Å². The van der Waals surface area contributed by atoms with Crippen molar-refractivity contribution in [2.45, 2.75) is 24.5 Å². The molecule has 1 aliphatic heterocycles. The summed E-state index contributed by atoms with van der Waals surface area (Å²) in [5.41, 5.74) is 5.36. The third kappa shape index (κ3) is 1.70. The van der Waals surface area contributed by atoms with Crippen LogP contribution >= 0.6 is 0 Å². The lowest BCUT2D eigenvalue weighted by atomic mass is 10.1. The Morgan fingerprint density at radius 3 is 2.85 bits per heavy atom. The first-order valence-electron chi connectivity index (χ1n) is 5.88. The summed E-state index contributed by atoms with van der Waals surface area (Å²) in [5, 5.41) is 28.7. The first-order chi connectivity index (χ1) is 9.54. The molecule has 1 unspecified atom stereocenters. The maximum Gasteiger partial charge on any atom is 0.283 e. The highest BCUT2D eigenvalue weighted by Gasteiger charge is 2.44. The summed E-state index contributed by atoms with van der Waals surface area (Å²) in [6.07, 6.45) is -3.67. The van der Waals surface area contributed by atoms with E-state index in [2.05, 4.69) is 15.0 Å². The highest BCUT2D eigenvalue weighted by atomic mass is 16.6. The van der Waals surface area contributed by atoms with Crippen LogP contribution in [0.5, 0.6) is 0 Å². The highest BCUT2D eigenvalue weighted by molar-refractivity contribution is 5.69. The van der Waals surface area contributed by atoms with Crippen LogP contribution in [0.15, 0.2) is 11.1 Å². The molecule has 1 saturated heterocycles. The van der Waals surface area contributed by atoms with Crippen molar-refractivity contribution >= 4 is 17.1 Å². The number of nitrogens with zero attached hydrogens (tertiary/aromatic N) is 3. The number of ether oxygens (including phenoxy) is 1. The summed E-state index contributed by atoms with van der Waals surface area (Å²) >= 11 is 0. The van der Waals surface area contributed by atoms with Gasteiger partial charge in [-0.15, -0.1) is 0 Å². The number of hydrogen-bond acceptors (Lipinski definition) is 8. The molecule has 2 aromatic heterocycles. The van der Waals surface area contributed by atoms with Gasteiger partial charge in [0.15, 0.2) is 17.4 Å². The van der Waals surface area contributed by atoms with Crippen molar-refractivity contribution in [1.29, 1.82) is 0 Å². The average Bonchev–Trinajstić information content (AvgIpc) is 2.98. The van der Waals surface area contributed by atoms with E-state index < -0.39 is 36.7 Å². The fraction of sp³-hybridized carbons (Fsp3) is 0.500. The van der Waals surface area contributed by atoms with Gasteiger partial charge in [-0.2, -0.15) is 4.98 Å². The smallest absolute Gasteiger partial charge is 0.283 e. The van der Waals surface area contributed by atoms with Gasteiger partial charge in [0.2, 0.25) is 5.95 Å². The predicted molar refractivity (Wildman–Crippen MR) is 65.6 cm³/mol. The van der Waals surface area contributed by atoms with Crippen LogP contribution < -0.4 is 11.3 Å². The molecule has 0 spiro atoms. The third-order valence-electron chi connectivity index (χ3n) is 3.29. The molecule has 0 radical (unpaired) electrons. The number of H-pyrrole nitrogens is 1. The molecule has 1 aliphatic rings. The Balaban J connectivity index is 2.13. The van der Waals surface area contributed by atoms with E-state index in [1.165, 1.54) is 6.33 Å². The summed E-state index contributed by atoms with van der Waals surface area (Å²) in [6.45, 7) is -0.497. The van der Waals surface area contributed by atoms with Crippen LogP contribution in [0.3, 0.4) is 0 Å². The molecule has 0 saturated carbocycles. The summed E-state index contributed by atoms with van der Waals surface area (Å²) < 4.78 is 6.19. The van der Waals surface area contributed by atoms with Crippen LogP contribution in [0, 0.1) is 0 Å². The van der Waals surface area contributed by atoms with Gasteiger partial charge >= 0.3 is 0 Å². The second-order valence-corrected chi connectivity index (χ2v) is 4.48. The van der Waals surface area contributed by atoms with E-state index in [1.54, 1.807) is 0 Å². The lowest BCUT2D eigenvalue weighted by Gasteiger charge is -2.18. The Hall–Kier alpha value is -2.01. The quantitative estimate of drug-likeness (QED) is 0.398. The maximum absolute atomic E-state index is 12.3. The monoisotopic (exact) mass is 283 g/mol. The number of aliphatic hydroxyl groups excluding tert-OH is 3. The van der Waals surface area contributed by atoms with Crippen LogP contribution in [-0.4, -0.2) is 59.8 Å².